The number of hydrogen-bond acceptors (Lipinski definition) is 1. The minimum Gasteiger partial charge on any atom is -0.295 e. The van der Waals surface area contributed by atoms with Gasteiger partial charge in [-0.15, -0.1) is 0 Å². The molecule has 2 unspecified atom stereocenters. The molecule has 1 aliphatic heterocycles. The summed E-state index contributed by atoms with van der Waals surface area (Å²) in [5.74, 6) is 0.818. The normalized spacial score (nSPS) is 25.4. The second-order valence-electron chi connectivity index (χ2n) is 5.33. The molecule has 1 nitrogen and oxygen atoms in total. The fourth-order valence-electron chi connectivity index (χ4n) is 2.84. The van der Waals surface area contributed by atoms with E-state index >= 15 is 0 Å². The Balaban J connectivity index is 2.16. The summed E-state index contributed by atoms with van der Waals surface area (Å²) in [6.45, 7) is 9.18. The van der Waals surface area contributed by atoms with Crippen LogP contribution in [0.4, 0.5) is 0 Å². The van der Waals surface area contributed by atoms with Crippen LogP contribution in [0.15, 0.2) is 18.2 Å². The minimum atomic E-state index is 0.703. The van der Waals surface area contributed by atoms with Gasteiger partial charge in [-0.3, -0.25) is 4.90 Å². The van der Waals surface area contributed by atoms with E-state index < -0.39 is 0 Å². The number of rotatable bonds is 3. The van der Waals surface area contributed by atoms with Crippen molar-refractivity contribution in [1.82, 2.24) is 4.90 Å². The van der Waals surface area contributed by atoms with Gasteiger partial charge < -0.3 is 0 Å². The Hall–Kier alpha value is -0.340. The number of likely N-dealkylation sites (tertiary alicyclic amines) is 1. The highest BCUT2D eigenvalue weighted by atomic mass is 79.9. The molecule has 2 atom stereocenters. The zero-order valence-corrected chi connectivity index (χ0v) is 12.6. The first-order valence-corrected chi connectivity index (χ1v) is 7.60. The van der Waals surface area contributed by atoms with Gasteiger partial charge in [-0.25, -0.2) is 0 Å². The van der Waals surface area contributed by atoms with Crippen molar-refractivity contribution < 1.29 is 0 Å². The first-order valence-electron chi connectivity index (χ1n) is 6.48. The van der Waals surface area contributed by atoms with Gasteiger partial charge in [0.05, 0.1) is 0 Å². The van der Waals surface area contributed by atoms with Crippen LogP contribution >= 0.6 is 15.9 Å². The Morgan fingerprint density at radius 3 is 2.53 bits per heavy atom. The number of nitrogens with zero attached hydrogens (tertiary/aromatic N) is 1. The highest BCUT2D eigenvalue weighted by Crippen LogP contribution is 2.28. The number of benzene rings is 1. The van der Waals surface area contributed by atoms with Crippen LogP contribution in [0.2, 0.25) is 0 Å². The van der Waals surface area contributed by atoms with Gasteiger partial charge in [0.2, 0.25) is 0 Å². The molecule has 2 rings (SSSR count). The third-order valence-electron chi connectivity index (χ3n) is 4.16. The van der Waals surface area contributed by atoms with E-state index in [4.69, 9.17) is 0 Å². The molecule has 1 aromatic rings. The lowest BCUT2D eigenvalue weighted by Crippen LogP contribution is -2.33. The van der Waals surface area contributed by atoms with Crippen molar-refractivity contribution in [3.8, 4) is 0 Å². The summed E-state index contributed by atoms with van der Waals surface area (Å²) in [6.07, 6.45) is 1.33. The lowest BCUT2D eigenvalue weighted by molar-refractivity contribution is 0.243. The van der Waals surface area contributed by atoms with E-state index in [0.717, 1.165) is 17.8 Å². The molecule has 0 radical (unpaired) electrons. The summed E-state index contributed by atoms with van der Waals surface area (Å²) in [5, 5.41) is 1.10. The van der Waals surface area contributed by atoms with Crippen LogP contribution in [-0.2, 0) is 6.54 Å². The predicted molar refractivity (Wildman–Crippen MR) is 77.7 cm³/mol. The molecule has 94 valence electrons. The van der Waals surface area contributed by atoms with E-state index in [2.05, 4.69) is 59.8 Å². The standard InChI is InChI=1S/C15H22BrN/c1-11-5-4-6-12(2)14(11)10-17-8-7-13(3)15(17)9-16/h4-6,13,15H,7-10H2,1-3H3. The summed E-state index contributed by atoms with van der Waals surface area (Å²) in [5.41, 5.74) is 4.38. The highest BCUT2D eigenvalue weighted by Gasteiger charge is 2.30. The van der Waals surface area contributed by atoms with Gasteiger partial charge in [0.25, 0.3) is 0 Å². The van der Waals surface area contributed by atoms with Crippen molar-refractivity contribution in [2.24, 2.45) is 5.92 Å². The molecule has 1 saturated heterocycles. The Morgan fingerprint density at radius 2 is 1.94 bits per heavy atom. The van der Waals surface area contributed by atoms with Gasteiger partial charge in [0.1, 0.15) is 0 Å². The van der Waals surface area contributed by atoms with E-state index in [1.807, 2.05) is 0 Å². The van der Waals surface area contributed by atoms with Crippen LogP contribution in [0.1, 0.15) is 30.0 Å². The number of alkyl halides is 1. The maximum absolute atomic E-state index is 3.67. The molecule has 0 N–H and O–H groups in total. The molecule has 0 bridgehead atoms. The highest BCUT2D eigenvalue weighted by molar-refractivity contribution is 9.09. The van der Waals surface area contributed by atoms with Crippen molar-refractivity contribution >= 4 is 15.9 Å². The third kappa shape index (κ3) is 2.74. The summed E-state index contributed by atoms with van der Waals surface area (Å²) in [7, 11) is 0. The largest absolute Gasteiger partial charge is 0.295 e. The van der Waals surface area contributed by atoms with E-state index in [1.165, 1.54) is 29.7 Å². The Kier molecular flexibility index (Phi) is 4.26. The van der Waals surface area contributed by atoms with Gasteiger partial charge >= 0.3 is 0 Å². The molecule has 17 heavy (non-hydrogen) atoms. The molecule has 1 heterocycles. The molecular formula is C15H22BrN. The fourth-order valence-corrected chi connectivity index (χ4v) is 3.88. The maximum Gasteiger partial charge on any atom is 0.0242 e. The molecule has 0 aromatic heterocycles. The van der Waals surface area contributed by atoms with Crippen LogP contribution in [0.5, 0.6) is 0 Å². The van der Waals surface area contributed by atoms with E-state index in [0.29, 0.717) is 6.04 Å². The van der Waals surface area contributed by atoms with E-state index in [9.17, 15) is 0 Å². The summed E-state index contributed by atoms with van der Waals surface area (Å²) < 4.78 is 0. The Morgan fingerprint density at radius 1 is 1.29 bits per heavy atom. The Labute approximate surface area is 113 Å². The van der Waals surface area contributed by atoms with Crippen molar-refractivity contribution in [2.75, 3.05) is 11.9 Å². The molecule has 0 amide bonds. The molecule has 0 spiro atoms. The average Bonchev–Trinajstić information content (AvgIpc) is 2.64. The summed E-state index contributed by atoms with van der Waals surface area (Å²) >= 11 is 3.67. The average molecular weight is 296 g/mol. The fraction of sp³-hybridized carbons (Fsp3) is 0.600. The smallest absolute Gasteiger partial charge is 0.0242 e. The van der Waals surface area contributed by atoms with Gasteiger partial charge in [-0.1, -0.05) is 41.1 Å². The first-order chi connectivity index (χ1) is 8.13. The lowest BCUT2D eigenvalue weighted by atomic mass is 10.0. The number of aryl methyl sites for hydroxylation is 2. The third-order valence-corrected chi connectivity index (χ3v) is 4.82. The van der Waals surface area contributed by atoms with Crippen LogP contribution < -0.4 is 0 Å². The molecule has 1 fully saturated rings. The monoisotopic (exact) mass is 295 g/mol. The predicted octanol–water partition coefficient (Wildman–Crippen LogP) is 3.91. The van der Waals surface area contributed by atoms with Crippen LogP contribution in [-0.4, -0.2) is 22.8 Å². The SMILES string of the molecule is Cc1cccc(C)c1CN1CCC(C)C1CBr. The van der Waals surface area contributed by atoms with E-state index in [-0.39, 0.29) is 0 Å². The van der Waals surface area contributed by atoms with Gasteiger partial charge in [0.15, 0.2) is 0 Å². The zero-order chi connectivity index (χ0) is 12.4. The molecule has 1 aromatic carbocycles. The van der Waals surface area contributed by atoms with Crippen LogP contribution in [0.3, 0.4) is 0 Å². The minimum absolute atomic E-state index is 0.703. The molecule has 0 saturated carbocycles. The second kappa shape index (κ2) is 5.53. The molecule has 2 heteroatoms. The molecule has 0 aliphatic carbocycles. The topological polar surface area (TPSA) is 3.24 Å². The van der Waals surface area contributed by atoms with Gasteiger partial charge in [-0.2, -0.15) is 0 Å². The zero-order valence-electron chi connectivity index (χ0n) is 11.0. The lowest BCUT2D eigenvalue weighted by Gasteiger charge is -2.26. The van der Waals surface area contributed by atoms with Crippen molar-refractivity contribution in [1.29, 1.82) is 0 Å². The molecular weight excluding hydrogens is 274 g/mol. The van der Waals surface area contributed by atoms with Gasteiger partial charge in [-0.05, 0) is 49.4 Å². The van der Waals surface area contributed by atoms with Crippen molar-refractivity contribution in [3.63, 3.8) is 0 Å². The van der Waals surface area contributed by atoms with Crippen molar-refractivity contribution in [2.45, 2.75) is 39.8 Å². The maximum atomic E-state index is 3.67. The Bertz CT molecular complexity index is 368. The first kappa shape index (κ1) is 13.1. The van der Waals surface area contributed by atoms with Crippen LogP contribution in [0.25, 0.3) is 0 Å². The molecule has 1 aliphatic rings. The van der Waals surface area contributed by atoms with Gasteiger partial charge in [0, 0.05) is 17.9 Å². The van der Waals surface area contributed by atoms with E-state index in [1.54, 1.807) is 0 Å². The quantitative estimate of drug-likeness (QED) is 0.764. The number of hydrogen-bond donors (Lipinski definition) is 0. The number of halogens is 1. The van der Waals surface area contributed by atoms with Crippen molar-refractivity contribution in [3.05, 3.63) is 34.9 Å². The summed E-state index contributed by atoms with van der Waals surface area (Å²) in [4.78, 5) is 2.63. The van der Waals surface area contributed by atoms with Crippen LogP contribution in [0, 0.1) is 19.8 Å². The second-order valence-corrected chi connectivity index (χ2v) is 5.98. The summed E-state index contributed by atoms with van der Waals surface area (Å²) in [6, 6.07) is 7.31.